The minimum absolute atomic E-state index is 0.538. The molecule has 0 bridgehead atoms. The van der Waals surface area contributed by atoms with Crippen molar-refractivity contribution in [3.8, 4) is 0 Å². The summed E-state index contributed by atoms with van der Waals surface area (Å²) in [7, 11) is 0. The molecule has 1 aliphatic rings. The Hall–Kier alpha value is 0.283. The standard InChI is InChI=1S/C13H18N.BrH.Zn/c1-12(13-8-4-2-5-9-13)14-10-6-3-7-11-14;;/h2,4-5,8-10,12H,3,6-7,11H2,1H3;1H;/q-1;;+2/p-1. The molecule has 1 nitrogen and oxygen atoms in total. The van der Waals surface area contributed by atoms with Gasteiger partial charge in [0.2, 0.25) is 0 Å². The topological polar surface area (TPSA) is 3.24 Å². The third-order valence-corrected chi connectivity index (χ3v) is 3.01. The summed E-state index contributed by atoms with van der Waals surface area (Å²) in [6.07, 6.45) is 3.95. The molecule has 0 spiro atoms. The molecule has 0 saturated carbocycles. The van der Waals surface area contributed by atoms with E-state index in [1.165, 1.54) is 47.7 Å². The van der Waals surface area contributed by atoms with Crippen molar-refractivity contribution in [1.82, 2.24) is 4.90 Å². The average molecular weight is 334 g/mol. The van der Waals surface area contributed by atoms with Crippen LogP contribution in [-0.4, -0.2) is 11.4 Å². The van der Waals surface area contributed by atoms with Crippen molar-refractivity contribution in [2.45, 2.75) is 32.2 Å². The van der Waals surface area contributed by atoms with Crippen LogP contribution in [-0.2, 0) is 16.3 Å². The van der Waals surface area contributed by atoms with Crippen LogP contribution in [0, 0.1) is 6.54 Å². The molecule has 0 aliphatic carbocycles. The first-order valence-electron chi connectivity index (χ1n) is 5.78. The summed E-state index contributed by atoms with van der Waals surface area (Å²) in [5, 5.41) is 0. The number of halogens is 1. The van der Waals surface area contributed by atoms with Gasteiger partial charge in [-0.3, -0.25) is 6.54 Å². The zero-order valence-electron chi connectivity index (χ0n) is 9.90. The van der Waals surface area contributed by atoms with E-state index in [9.17, 15) is 0 Å². The van der Waals surface area contributed by atoms with Gasteiger partial charge in [-0.15, -0.1) is 0 Å². The molecule has 84 valence electrons. The first kappa shape index (κ1) is 14.3. The molecule has 3 heteroatoms. The summed E-state index contributed by atoms with van der Waals surface area (Å²) in [5.41, 5.74) is 1.42. The third kappa shape index (κ3) is 4.27. The average Bonchev–Trinajstić information content (AvgIpc) is 2.42. The van der Waals surface area contributed by atoms with E-state index in [4.69, 9.17) is 0 Å². The van der Waals surface area contributed by atoms with Crippen molar-refractivity contribution < 1.29 is 16.3 Å². The fourth-order valence-corrected chi connectivity index (χ4v) is 2.06. The van der Waals surface area contributed by atoms with Gasteiger partial charge >= 0.3 is 30.0 Å². The maximum absolute atomic E-state index is 3.06. The van der Waals surface area contributed by atoms with Gasteiger partial charge in [-0.2, -0.15) is 6.42 Å². The second kappa shape index (κ2) is 8.39. The maximum atomic E-state index is 3.06. The number of hydrogen-bond acceptors (Lipinski definition) is 1. The molecule has 1 unspecified atom stereocenters. The zero-order chi connectivity index (χ0) is 11.8. The summed E-state index contributed by atoms with van der Waals surface area (Å²) in [5.74, 6) is 0. The number of benzene rings is 1. The van der Waals surface area contributed by atoms with Crippen LogP contribution in [0.3, 0.4) is 0 Å². The number of hydrogen-bond donors (Lipinski definition) is 0. The number of rotatable bonds is 2. The quantitative estimate of drug-likeness (QED) is 0.578. The fourth-order valence-electron chi connectivity index (χ4n) is 2.06. The molecule has 1 fully saturated rings. The summed E-state index contributed by atoms with van der Waals surface area (Å²) in [6, 6.07) is 11.3. The molecule has 0 aromatic heterocycles. The van der Waals surface area contributed by atoms with E-state index in [1.807, 2.05) is 0 Å². The molecule has 1 heterocycles. The monoisotopic (exact) mass is 331 g/mol. The summed E-state index contributed by atoms with van der Waals surface area (Å²) >= 11 is 4.25. The third-order valence-electron chi connectivity index (χ3n) is 3.01. The molecule has 0 N–H and O–H groups in total. The molecule has 0 amide bonds. The molecule has 0 radical (unpaired) electrons. The molecular formula is C13H18BrNZn. The van der Waals surface area contributed by atoms with Gasteiger partial charge in [-0.05, 0) is 25.5 Å². The Bertz CT molecular complexity index is 273. The van der Waals surface area contributed by atoms with Crippen molar-refractivity contribution in [3.63, 3.8) is 0 Å². The predicted molar refractivity (Wildman–Crippen MR) is 68.6 cm³/mol. The summed E-state index contributed by atoms with van der Waals surface area (Å²) in [6.45, 7) is 5.87. The normalized spacial score (nSPS) is 18.5. The van der Waals surface area contributed by atoms with Crippen LogP contribution in [0.25, 0.3) is 0 Å². The number of likely N-dealkylation sites (tertiary alicyclic amines) is 1. The van der Waals surface area contributed by atoms with Gasteiger partial charge in [-0.25, -0.2) is 0 Å². The van der Waals surface area contributed by atoms with Crippen LogP contribution in [0.2, 0.25) is 0 Å². The van der Waals surface area contributed by atoms with E-state index >= 15 is 0 Å². The molecule has 2 rings (SSSR count). The summed E-state index contributed by atoms with van der Waals surface area (Å²) in [4.78, 5) is 2.47. The molecule has 1 atom stereocenters. The van der Waals surface area contributed by atoms with Crippen LogP contribution in [0.4, 0.5) is 0 Å². The van der Waals surface area contributed by atoms with Gasteiger partial charge in [-0.1, -0.05) is 36.8 Å². The fraction of sp³-hybridized carbons (Fsp3) is 0.462. The second-order valence-corrected chi connectivity index (χ2v) is 4.00. The van der Waals surface area contributed by atoms with Crippen LogP contribution >= 0.6 is 13.6 Å². The van der Waals surface area contributed by atoms with Crippen molar-refractivity contribution in [2.75, 3.05) is 6.54 Å². The Morgan fingerprint density at radius 1 is 1.25 bits per heavy atom. The molecule has 1 saturated heterocycles. The van der Waals surface area contributed by atoms with E-state index in [0.29, 0.717) is 6.04 Å². The zero-order valence-corrected chi connectivity index (χ0v) is 14.5. The van der Waals surface area contributed by atoms with Crippen molar-refractivity contribution in [2.24, 2.45) is 0 Å². The summed E-state index contributed by atoms with van der Waals surface area (Å²) < 4.78 is 0. The molecular weight excluding hydrogens is 315 g/mol. The van der Waals surface area contributed by atoms with Crippen LogP contribution in [0.5, 0.6) is 0 Å². The molecule has 16 heavy (non-hydrogen) atoms. The Labute approximate surface area is 116 Å². The Morgan fingerprint density at radius 3 is 2.50 bits per heavy atom. The van der Waals surface area contributed by atoms with Crippen molar-refractivity contribution >= 4 is 13.6 Å². The van der Waals surface area contributed by atoms with Crippen LogP contribution in [0.15, 0.2) is 30.3 Å². The van der Waals surface area contributed by atoms with E-state index in [2.05, 4.69) is 62.3 Å². The minimum atomic E-state index is 0.538. The predicted octanol–water partition coefficient (Wildman–Crippen LogP) is 4.24. The SMILES string of the molecule is CC(c1ccccc1)N1[CH-]CCCC1.[Zn+][Br]. The molecule has 1 aliphatic heterocycles. The Morgan fingerprint density at radius 2 is 1.94 bits per heavy atom. The van der Waals surface area contributed by atoms with Gasteiger partial charge in [0, 0.05) is 6.04 Å². The van der Waals surface area contributed by atoms with Gasteiger partial charge in [0.15, 0.2) is 0 Å². The van der Waals surface area contributed by atoms with Gasteiger partial charge in [0.25, 0.3) is 0 Å². The van der Waals surface area contributed by atoms with E-state index < -0.39 is 0 Å². The van der Waals surface area contributed by atoms with Gasteiger partial charge < -0.3 is 4.90 Å². The second-order valence-electron chi connectivity index (χ2n) is 4.00. The Kier molecular flexibility index (Phi) is 7.52. The first-order valence-corrected chi connectivity index (χ1v) is 12.7. The van der Waals surface area contributed by atoms with Crippen LogP contribution in [0.1, 0.15) is 37.8 Å². The van der Waals surface area contributed by atoms with Crippen LogP contribution < -0.4 is 0 Å². The van der Waals surface area contributed by atoms with Crippen molar-refractivity contribution in [1.29, 1.82) is 0 Å². The Balaban J connectivity index is 0.000000606. The number of nitrogens with zero attached hydrogens (tertiary/aromatic N) is 1. The van der Waals surface area contributed by atoms with Crippen molar-refractivity contribution in [3.05, 3.63) is 42.4 Å². The van der Waals surface area contributed by atoms with E-state index in [0.717, 1.165) is 0 Å². The van der Waals surface area contributed by atoms with Gasteiger partial charge in [0.1, 0.15) is 0 Å². The van der Waals surface area contributed by atoms with E-state index in [-0.39, 0.29) is 0 Å². The number of piperidine rings is 1. The molecule has 1 aromatic carbocycles. The molecule has 1 aromatic rings. The first-order chi connectivity index (χ1) is 7.88. The van der Waals surface area contributed by atoms with Gasteiger partial charge in [0.05, 0.1) is 0 Å². The van der Waals surface area contributed by atoms with E-state index in [1.54, 1.807) is 0 Å².